The van der Waals surface area contributed by atoms with E-state index in [0.717, 1.165) is 12.0 Å². The van der Waals surface area contributed by atoms with Crippen LogP contribution in [0.1, 0.15) is 35.0 Å². The third-order valence-electron chi connectivity index (χ3n) is 4.48. The number of furan rings is 1. The van der Waals surface area contributed by atoms with Crippen LogP contribution < -0.4 is 4.72 Å². The van der Waals surface area contributed by atoms with Gasteiger partial charge in [0.15, 0.2) is 0 Å². The summed E-state index contributed by atoms with van der Waals surface area (Å²) in [6, 6.07) is 14.0. The molecule has 0 aliphatic heterocycles. The fourth-order valence-electron chi connectivity index (χ4n) is 2.99. The first kappa shape index (κ1) is 19.1. The standard InChI is InChI=1S/C20H21NO5S/c1-13(8-9-15-6-4-3-5-7-15)21-27(24,25)16-10-11-18-17(12-16)14(2)19(26-18)20(22)23/h3-7,10-13,21H,8-9H2,1-2H3,(H,22,23). The summed E-state index contributed by atoms with van der Waals surface area (Å²) < 4.78 is 33.3. The molecule has 0 radical (unpaired) electrons. The predicted octanol–water partition coefficient (Wildman–Crippen LogP) is 3.74. The zero-order valence-electron chi connectivity index (χ0n) is 15.1. The summed E-state index contributed by atoms with van der Waals surface area (Å²) in [4.78, 5) is 11.3. The lowest BCUT2D eigenvalue weighted by molar-refractivity contribution is 0.0664. The van der Waals surface area contributed by atoms with Crippen molar-refractivity contribution < 1.29 is 22.7 Å². The van der Waals surface area contributed by atoms with Crippen LogP contribution in [0.3, 0.4) is 0 Å². The summed E-state index contributed by atoms with van der Waals surface area (Å²) in [6.45, 7) is 3.42. The molecule has 1 unspecified atom stereocenters. The van der Waals surface area contributed by atoms with Gasteiger partial charge in [0, 0.05) is 17.0 Å². The van der Waals surface area contributed by atoms with Crippen LogP contribution in [0.5, 0.6) is 0 Å². The van der Waals surface area contributed by atoms with Gasteiger partial charge in [0.2, 0.25) is 15.8 Å². The Morgan fingerprint density at radius 2 is 1.89 bits per heavy atom. The maximum absolute atomic E-state index is 12.7. The van der Waals surface area contributed by atoms with Crippen molar-refractivity contribution in [2.75, 3.05) is 0 Å². The van der Waals surface area contributed by atoms with E-state index in [9.17, 15) is 13.2 Å². The fourth-order valence-corrected chi connectivity index (χ4v) is 4.29. The van der Waals surface area contributed by atoms with Gasteiger partial charge in [0.25, 0.3) is 0 Å². The second-order valence-corrected chi connectivity index (χ2v) is 8.28. The van der Waals surface area contributed by atoms with Crippen molar-refractivity contribution in [3.63, 3.8) is 0 Å². The average Bonchev–Trinajstić information content (AvgIpc) is 2.97. The van der Waals surface area contributed by atoms with E-state index >= 15 is 0 Å². The quantitative estimate of drug-likeness (QED) is 0.644. The lowest BCUT2D eigenvalue weighted by Crippen LogP contribution is -2.32. The minimum atomic E-state index is -3.72. The van der Waals surface area contributed by atoms with Gasteiger partial charge in [-0.15, -0.1) is 0 Å². The van der Waals surface area contributed by atoms with E-state index in [0.29, 0.717) is 23.0 Å². The highest BCUT2D eigenvalue weighted by Gasteiger charge is 2.21. The Kier molecular flexibility index (Phi) is 5.34. The van der Waals surface area contributed by atoms with Gasteiger partial charge < -0.3 is 9.52 Å². The molecule has 0 fully saturated rings. The van der Waals surface area contributed by atoms with Crippen molar-refractivity contribution in [3.8, 4) is 0 Å². The summed E-state index contributed by atoms with van der Waals surface area (Å²) in [5.74, 6) is -1.36. The first-order valence-corrected chi connectivity index (χ1v) is 10.1. The Bertz CT molecular complexity index is 1070. The minimum absolute atomic E-state index is 0.0856. The highest BCUT2D eigenvalue weighted by molar-refractivity contribution is 7.89. The third-order valence-corrected chi connectivity index (χ3v) is 6.06. The molecule has 2 aromatic carbocycles. The lowest BCUT2D eigenvalue weighted by atomic mass is 10.1. The molecule has 7 heteroatoms. The van der Waals surface area contributed by atoms with Gasteiger partial charge in [0.05, 0.1) is 4.90 Å². The number of benzene rings is 2. The van der Waals surface area contributed by atoms with Gasteiger partial charge in [0.1, 0.15) is 5.58 Å². The van der Waals surface area contributed by atoms with Crippen LogP contribution in [-0.2, 0) is 16.4 Å². The summed E-state index contributed by atoms with van der Waals surface area (Å²) in [5.41, 5.74) is 1.91. The van der Waals surface area contributed by atoms with Gasteiger partial charge in [-0.05, 0) is 50.5 Å². The lowest BCUT2D eigenvalue weighted by Gasteiger charge is -2.14. The van der Waals surface area contributed by atoms with Crippen molar-refractivity contribution in [1.29, 1.82) is 0 Å². The molecule has 1 atom stereocenters. The van der Waals surface area contributed by atoms with Crippen LogP contribution in [0.15, 0.2) is 57.8 Å². The largest absolute Gasteiger partial charge is 0.475 e. The zero-order valence-corrected chi connectivity index (χ0v) is 15.9. The van der Waals surface area contributed by atoms with E-state index in [4.69, 9.17) is 9.52 Å². The Labute approximate surface area is 157 Å². The number of sulfonamides is 1. The van der Waals surface area contributed by atoms with Crippen molar-refractivity contribution in [2.24, 2.45) is 0 Å². The maximum atomic E-state index is 12.7. The van der Waals surface area contributed by atoms with E-state index in [1.54, 1.807) is 6.92 Å². The second kappa shape index (κ2) is 7.54. The first-order valence-electron chi connectivity index (χ1n) is 8.60. The highest BCUT2D eigenvalue weighted by Crippen LogP contribution is 2.27. The number of aryl methyl sites for hydroxylation is 2. The molecule has 0 aliphatic rings. The molecule has 0 amide bonds. The van der Waals surface area contributed by atoms with Gasteiger partial charge in [-0.25, -0.2) is 17.9 Å². The Morgan fingerprint density at radius 1 is 1.19 bits per heavy atom. The second-order valence-electron chi connectivity index (χ2n) is 6.57. The van der Waals surface area contributed by atoms with Crippen molar-refractivity contribution in [1.82, 2.24) is 4.72 Å². The Hall–Kier alpha value is -2.64. The molecule has 3 aromatic rings. The van der Waals surface area contributed by atoms with E-state index in [1.165, 1.54) is 18.2 Å². The van der Waals surface area contributed by atoms with E-state index in [1.807, 2.05) is 37.3 Å². The molecule has 0 saturated carbocycles. The number of carboxylic acid groups (broad SMARTS) is 1. The molecule has 0 bridgehead atoms. The number of fused-ring (bicyclic) bond motifs is 1. The number of hydrogen-bond donors (Lipinski definition) is 2. The van der Waals surface area contributed by atoms with Gasteiger partial charge >= 0.3 is 5.97 Å². The summed E-state index contributed by atoms with van der Waals surface area (Å²) >= 11 is 0. The van der Waals surface area contributed by atoms with E-state index in [2.05, 4.69) is 4.72 Å². The number of rotatable bonds is 7. The van der Waals surface area contributed by atoms with Crippen LogP contribution in [0.4, 0.5) is 0 Å². The van der Waals surface area contributed by atoms with Gasteiger partial charge in [-0.2, -0.15) is 0 Å². The minimum Gasteiger partial charge on any atom is -0.475 e. The molecule has 0 spiro atoms. The molecule has 0 aliphatic carbocycles. The first-order chi connectivity index (χ1) is 12.8. The molecular formula is C20H21NO5S. The van der Waals surface area contributed by atoms with Crippen LogP contribution in [0, 0.1) is 6.92 Å². The Morgan fingerprint density at radius 3 is 2.56 bits per heavy atom. The molecule has 3 rings (SSSR count). The molecule has 27 heavy (non-hydrogen) atoms. The number of nitrogens with one attached hydrogen (secondary N) is 1. The topological polar surface area (TPSA) is 96.6 Å². The summed E-state index contributed by atoms with van der Waals surface area (Å²) in [7, 11) is -3.72. The maximum Gasteiger partial charge on any atom is 0.372 e. The third kappa shape index (κ3) is 4.20. The molecule has 142 valence electrons. The summed E-state index contributed by atoms with van der Waals surface area (Å²) in [6.07, 6.45) is 1.44. The van der Waals surface area contributed by atoms with Crippen molar-refractivity contribution in [2.45, 2.75) is 37.6 Å². The molecular weight excluding hydrogens is 366 g/mol. The van der Waals surface area contributed by atoms with Crippen LogP contribution in [0.2, 0.25) is 0 Å². The van der Waals surface area contributed by atoms with E-state index in [-0.39, 0.29) is 16.7 Å². The average molecular weight is 387 g/mol. The monoisotopic (exact) mass is 387 g/mol. The highest BCUT2D eigenvalue weighted by atomic mass is 32.2. The van der Waals surface area contributed by atoms with Crippen molar-refractivity contribution in [3.05, 3.63) is 65.4 Å². The molecule has 2 N–H and O–H groups in total. The van der Waals surface area contributed by atoms with Gasteiger partial charge in [-0.1, -0.05) is 30.3 Å². The number of carbonyl (C=O) groups is 1. The number of hydrogen-bond acceptors (Lipinski definition) is 4. The van der Waals surface area contributed by atoms with Crippen LogP contribution in [-0.4, -0.2) is 25.5 Å². The predicted molar refractivity (Wildman–Crippen MR) is 102 cm³/mol. The number of carboxylic acids is 1. The molecule has 1 aromatic heterocycles. The van der Waals surface area contributed by atoms with Gasteiger partial charge in [-0.3, -0.25) is 0 Å². The molecule has 1 heterocycles. The number of aromatic carboxylic acids is 1. The normalized spacial score (nSPS) is 13.0. The molecule has 6 nitrogen and oxygen atoms in total. The SMILES string of the molecule is Cc1c(C(=O)O)oc2ccc(S(=O)(=O)NC(C)CCc3ccccc3)cc12. The smallest absolute Gasteiger partial charge is 0.372 e. The van der Waals surface area contributed by atoms with Crippen LogP contribution >= 0.6 is 0 Å². The van der Waals surface area contributed by atoms with E-state index < -0.39 is 16.0 Å². The molecule has 0 saturated heterocycles. The Balaban J connectivity index is 1.77. The summed E-state index contributed by atoms with van der Waals surface area (Å²) in [5, 5.41) is 9.62. The van der Waals surface area contributed by atoms with Crippen molar-refractivity contribution >= 4 is 27.0 Å². The van der Waals surface area contributed by atoms with Crippen LogP contribution in [0.25, 0.3) is 11.0 Å². The zero-order chi connectivity index (χ0) is 19.6. The fraction of sp³-hybridized carbons (Fsp3) is 0.250.